The van der Waals surface area contributed by atoms with Gasteiger partial charge in [-0.1, -0.05) is 41.9 Å². The maximum absolute atomic E-state index is 13.1. The summed E-state index contributed by atoms with van der Waals surface area (Å²) < 4.78 is 6.36. The molecular formula is C25H29BrN2O4. The standard InChI is InChI=1S/C25H29BrN2O4/c1-4-27(5-2)15-16-28-22(17-7-11-19(26)12-8-17)21(24(30)25(28)31)23(29)18-9-13-20(14-10-18)32-6-3/h7-14,22,29H,4-6,15-16H2,1-3H3/t22-/m0/s1. The number of Topliss-reactive ketones (excluding diaryl/α,β-unsaturated/α-hetero) is 1. The van der Waals surface area contributed by atoms with Gasteiger partial charge in [-0.3, -0.25) is 9.59 Å². The maximum Gasteiger partial charge on any atom is 0.295 e. The Bertz CT molecular complexity index is 982. The van der Waals surface area contributed by atoms with Crippen LogP contribution in [0.1, 0.15) is 37.9 Å². The molecular weight excluding hydrogens is 472 g/mol. The summed E-state index contributed by atoms with van der Waals surface area (Å²) in [6.07, 6.45) is 0. The molecule has 0 aromatic heterocycles. The average molecular weight is 501 g/mol. The molecule has 1 N–H and O–H groups in total. The van der Waals surface area contributed by atoms with Crippen LogP contribution < -0.4 is 4.74 Å². The second kappa shape index (κ2) is 10.8. The summed E-state index contributed by atoms with van der Waals surface area (Å²) in [5, 5.41) is 11.1. The van der Waals surface area contributed by atoms with E-state index in [9.17, 15) is 14.7 Å². The summed E-state index contributed by atoms with van der Waals surface area (Å²) in [5.41, 5.74) is 1.36. The van der Waals surface area contributed by atoms with Crippen molar-refractivity contribution in [2.45, 2.75) is 26.8 Å². The predicted molar refractivity (Wildman–Crippen MR) is 129 cm³/mol. The highest BCUT2D eigenvalue weighted by Crippen LogP contribution is 2.39. The third-order valence-corrected chi connectivity index (χ3v) is 6.24. The first-order valence-corrected chi connectivity index (χ1v) is 11.7. The summed E-state index contributed by atoms with van der Waals surface area (Å²) in [6, 6.07) is 13.7. The Hall–Kier alpha value is -2.64. The second-order valence-electron chi connectivity index (χ2n) is 7.53. The van der Waals surface area contributed by atoms with Crippen molar-refractivity contribution in [3.8, 4) is 5.75 Å². The summed E-state index contributed by atoms with van der Waals surface area (Å²) in [7, 11) is 0. The summed E-state index contributed by atoms with van der Waals surface area (Å²) >= 11 is 3.43. The van der Waals surface area contributed by atoms with Gasteiger partial charge < -0.3 is 19.6 Å². The highest BCUT2D eigenvalue weighted by atomic mass is 79.9. The molecule has 1 atom stereocenters. The van der Waals surface area contributed by atoms with Gasteiger partial charge in [-0.05, 0) is 62.0 Å². The van der Waals surface area contributed by atoms with Crippen LogP contribution in [-0.2, 0) is 9.59 Å². The van der Waals surface area contributed by atoms with Gasteiger partial charge in [0.25, 0.3) is 11.7 Å². The van der Waals surface area contributed by atoms with Crippen LogP contribution in [0.5, 0.6) is 5.75 Å². The largest absolute Gasteiger partial charge is 0.507 e. The van der Waals surface area contributed by atoms with Crippen LogP contribution in [-0.4, -0.2) is 59.4 Å². The van der Waals surface area contributed by atoms with Crippen LogP contribution in [0.15, 0.2) is 58.6 Å². The smallest absolute Gasteiger partial charge is 0.295 e. The van der Waals surface area contributed by atoms with Gasteiger partial charge >= 0.3 is 0 Å². The Balaban J connectivity index is 2.05. The number of likely N-dealkylation sites (tertiary alicyclic amines) is 1. The van der Waals surface area contributed by atoms with Crippen molar-refractivity contribution in [2.75, 3.05) is 32.8 Å². The minimum absolute atomic E-state index is 0.112. The Kier molecular flexibility index (Phi) is 8.10. The normalized spacial score (nSPS) is 17.9. The Morgan fingerprint density at radius 2 is 1.66 bits per heavy atom. The first-order valence-electron chi connectivity index (χ1n) is 10.9. The third-order valence-electron chi connectivity index (χ3n) is 5.72. The fraction of sp³-hybridized carbons (Fsp3) is 0.360. The quantitative estimate of drug-likeness (QED) is 0.309. The number of hydrogen-bond donors (Lipinski definition) is 1. The summed E-state index contributed by atoms with van der Waals surface area (Å²) in [5.74, 6) is -0.751. The van der Waals surface area contributed by atoms with Crippen molar-refractivity contribution in [3.05, 3.63) is 69.7 Å². The van der Waals surface area contributed by atoms with E-state index in [1.54, 1.807) is 29.2 Å². The van der Waals surface area contributed by atoms with Gasteiger partial charge in [0.15, 0.2) is 0 Å². The molecule has 6 nitrogen and oxygen atoms in total. The highest BCUT2D eigenvalue weighted by Gasteiger charge is 2.45. The fourth-order valence-electron chi connectivity index (χ4n) is 3.92. The molecule has 1 fully saturated rings. The van der Waals surface area contributed by atoms with Gasteiger partial charge in [0.05, 0.1) is 18.2 Å². The van der Waals surface area contributed by atoms with Gasteiger partial charge in [0, 0.05) is 23.1 Å². The number of carbonyl (C=O) groups is 2. The molecule has 1 heterocycles. The predicted octanol–water partition coefficient (Wildman–Crippen LogP) is 4.61. The Labute approximate surface area is 197 Å². The van der Waals surface area contributed by atoms with Crippen LogP contribution in [0.25, 0.3) is 5.76 Å². The van der Waals surface area contributed by atoms with Gasteiger partial charge in [-0.15, -0.1) is 0 Å². The number of rotatable bonds is 9. The van der Waals surface area contributed by atoms with Crippen molar-refractivity contribution >= 4 is 33.4 Å². The van der Waals surface area contributed by atoms with Crippen molar-refractivity contribution in [1.82, 2.24) is 9.80 Å². The number of amides is 1. The molecule has 2 aromatic carbocycles. The number of ether oxygens (including phenoxy) is 1. The van der Waals surface area contributed by atoms with Gasteiger partial charge in [0.1, 0.15) is 11.5 Å². The van der Waals surface area contributed by atoms with E-state index in [1.165, 1.54) is 0 Å². The lowest BCUT2D eigenvalue weighted by molar-refractivity contribution is -0.140. The van der Waals surface area contributed by atoms with E-state index in [4.69, 9.17) is 4.74 Å². The average Bonchev–Trinajstić information content (AvgIpc) is 3.05. The lowest BCUT2D eigenvalue weighted by Crippen LogP contribution is -2.38. The fourth-order valence-corrected chi connectivity index (χ4v) is 4.19. The van der Waals surface area contributed by atoms with Crippen LogP contribution in [0.3, 0.4) is 0 Å². The van der Waals surface area contributed by atoms with Crippen molar-refractivity contribution in [2.24, 2.45) is 0 Å². The zero-order chi connectivity index (χ0) is 23.3. The zero-order valence-electron chi connectivity index (χ0n) is 18.7. The number of aliphatic hydroxyl groups excluding tert-OH is 1. The number of aliphatic hydroxyl groups is 1. The third kappa shape index (κ3) is 5.05. The minimum atomic E-state index is -0.663. The van der Waals surface area contributed by atoms with Gasteiger partial charge in [-0.25, -0.2) is 0 Å². The van der Waals surface area contributed by atoms with Crippen molar-refractivity contribution < 1.29 is 19.4 Å². The molecule has 32 heavy (non-hydrogen) atoms. The van der Waals surface area contributed by atoms with Crippen LogP contribution >= 0.6 is 15.9 Å². The number of hydrogen-bond acceptors (Lipinski definition) is 5. The second-order valence-corrected chi connectivity index (χ2v) is 8.44. The highest BCUT2D eigenvalue weighted by molar-refractivity contribution is 9.10. The molecule has 3 rings (SSSR count). The van der Waals surface area contributed by atoms with Crippen LogP contribution in [0.2, 0.25) is 0 Å². The summed E-state index contributed by atoms with van der Waals surface area (Å²) in [6.45, 7) is 9.32. The molecule has 2 aromatic rings. The van der Waals surface area contributed by atoms with Crippen LogP contribution in [0, 0.1) is 0 Å². The van der Waals surface area contributed by atoms with E-state index >= 15 is 0 Å². The van der Waals surface area contributed by atoms with E-state index in [0.29, 0.717) is 31.0 Å². The van der Waals surface area contributed by atoms with Crippen molar-refractivity contribution in [3.63, 3.8) is 0 Å². The minimum Gasteiger partial charge on any atom is -0.507 e. The van der Waals surface area contributed by atoms with Gasteiger partial charge in [0.2, 0.25) is 0 Å². The van der Waals surface area contributed by atoms with E-state index < -0.39 is 17.7 Å². The lowest BCUT2D eigenvalue weighted by Gasteiger charge is -2.28. The number of ketones is 1. The van der Waals surface area contributed by atoms with E-state index in [2.05, 4.69) is 34.7 Å². The first-order chi connectivity index (χ1) is 15.4. The number of halogens is 1. The molecule has 0 unspecified atom stereocenters. The topological polar surface area (TPSA) is 70.1 Å². The van der Waals surface area contributed by atoms with E-state index in [-0.39, 0.29) is 11.3 Å². The molecule has 0 bridgehead atoms. The molecule has 1 aliphatic heterocycles. The maximum atomic E-state index is 13.1. The molecule has 7 heteroatoms. The number of carbonyl (C=O) groups excluding carboxylic acids is 2. The zero-order valence-corrected chi connectivity index (χ0v) is 20.3. The Morgan fingerprint density at radius 1 is 1.03 bits per heavy atom. The summed E-state index contributed by atoms with van der Waals surface area (Å²) in [4.78, 5) is 29.9. The lowest BCUT2D eigenvalue weighted by atomic mass is 9.95. The Morgan fingerprint density at radius 3 is 2.22 bits per heavy atom. The van der Waals surface area contributed by atoms with E-state index in [1.807, 2.05) is 31.2 Å². The first kappa shape index (κ1) is 24.0. The molecule has 1 aliphatic rings. The number of likely N-dealkylation sites (N-methyl/N-ethyl adjacent to an activating group) is 1. The molecule has 0 radical (unpaired) electrons. The SMILES string of the molecule is CCOc1ccc(C(O)=C2C(=O)C(=O)N(CCN(CC)CC)[C@H]2c2ccc(Br)cc2)cc1. The molecule has 1 saturated heterocycles. The van der Waals surface area contributed by atoms with Crippen molar-refractivity contribution in [1.29, 1.82) is 0 Å². The number of benzene rings is 2. The van der Waals surface area contributed by atoms with Crippen LogP contribution in [0.4, 0.5) is 0 Å². The van der Waals surface area contributed by atoms with E-state index in [0.717, 1.165) is 23.1 Å². The molecule has 0 saturated carbocycles. The number of nitrogens with zero attached hydrogens (tertiary/aromatic N) is 2. The molecule has 0 spiro atoms. The molecule has 1 amide bonds. The molecule has 170 valence electrons. The monoisotopic (exact) mass is 500 g/mol. The van der Waals surface area contributed by atoms with Gasteiger partial charge in [-0.2, -0.15) is 0 Å². The molecule has 0 aliphatic carbocycles.